The number of fused-ring (bicyclic) bond motifs is 1. The van der Waals surface area contributed by atoms with E-state index in [4.69, 9.17) is 0 Å². The second kappa shape index (κ2) is 5.63. The maximum Gasteiger partial charge on any atom is 0.137 e. The maximum absolute atomic E-state index is 4.10. The van der Waals surface area contributed by atoms with E-state index >= 15 is 0 Å². The van der Waals surface area contributed by atoms with Gasteiger partial charge in [-0.05, 0) is 22.4 Å². The molecule has 4 heteroatoms. The van der Waals surface area contributed by atoms with E-state index < -0.39 is 0 Å². The lowest BCUT2D eigenvalue weighted by atomic mass is 10.1. The summed E-state index contributed by atoms with van der Waals surface area (Å²) in [5.41, 5.74) is 1.30. The molecule has 0 saturated carbocycles. The molecule has 3 rings (SSSR count). The van der Waals surface area contributed by atoms with Crippen molar-refractivity contribution in [2.45, 2.75) is 13.0 Å². The summed E-state index contributed by atoms with van der Waals surface area (Å²) in [6.07, 6.45) is 2.41. The van der Waals surface area contributed by atoms with Crippen LogP contribution in [0.15, 0.2) is 48.8 Å². The molecule has 4 nitrogen and oxygen atoms in total. The van der Waals surface area contributed by atoms with Gasteiger partial charge in [-0.15, -0.1) is 0 Å². The van der Waals surface area contributed by atoms with Gasteiger partial charge >= 0.3 is 0 Å². The molecule has 2 N–H and O–H groups in total. The summed E-state index contributed by atoms with van der Waals surface area (Å²) in [6.45, 7) is 1.76. The van der Waals surface area contributed by atoms with Crippen LogP contribution in [0.4, 0.5) is 0 Å². The third-order valence-corrected chi connectivity index (χ3v) is 3.15. The lowest BCUT2D eigenvalue weighted by molar-refractivity contribution is 0.672. The number of rotatable bonds is 5. The van der Waals surface area contributed by atoms with Gasteiger partial charge in [-0.3, -0.25) is 5.10 Å². The van der Waals surface area contributed by atoms with Crippen LogP contribution in [-0.2, 0) is 13.0 Å². The van der Waals surface area contributed by atoms with Gasteiger partial charge in [-0.1, -0.05) is 36.4 Å². The summed E-state index contributed by atoms with van der Waals surface area (Å²) in [5.74, 6) is 0.922. The molecule has 2 aromatic carbocycles. The molecular formula is C15H16N4. The molecule has 0 aliphatic heterocycles. The van der Waals surface area contributed by atoms with Gasteiger partial charge in [-0.2, -0.15) is 5.10 Å². The number of benzene rings is 2. The van der Waals surface area contributed by atoms with Crippen molar-refractivity contribution in [3.8, 4) is 0 Å². The smallest absolute Gasteiger partial charge is 0.137 e. The van der Waals surface area contributed by atoms with Crippen molar-refractivity contribution in [1.29, 1.82) is 0 Å². The Morgan fingerprint density at radius 3 is 2.79 bits per heavy atom. The molecule has 0 aliphatic carbocycles. The van der Waals surface area contributed by atoms with Crippen molar-refractivity contribution in [2.75, 3.05) is 6.54 Å². The molecule has 1 aromatic heterocycles. The van der Waals surface area contributed by atoms with Gasteiger partial charge in [-0.25, -0.2) is 4.98 Å². The first-order chi connectivity index (χ1) is 9.42. The highest BCUT2D eigenvalue weighted by atomic mass is 15.2. The molecule has 0 spiro atoms. The molecule has 0 atom stereocenters. The van der Waals surface area contributed by atoms with Crippen LogP contribution < -0.4 is 5.32 Å². The average Bonchev–Trinajstić information content (AvgIpc) is 2.97. The highest BCUT2D eigenvalue weighted by Gasteiger charge is 1.97. The van der Waals surface area contributed by atoms with E-state index in [1.165, 1.54) is 16.3 Å². The Morgan fingerprint density at radius 1 is 1.05 bits per heavy atom. The fraction of sp³-hybridized carbons (Fsp3) is 0.200. The molecule has 0 aliphatic rings. The first-order valence-corrected chi connectivity index (χ1v) is 6.44. The number of nitrogens with zero attached hydrogens (tertiary/aromatic N) is 2. The van der Waals surface area contributed by atoms with Gasteiger partial charge < -0.3 is 5.32 Å². The van der Waals surface area contributed by atoms with E-state index in [0.29, 0.717) is 0 Å². The zero-order valence-electron chi connectivity index (χ0n) is 10.6. The van der Waals surface area contributed by atoms with Gasteiger partial charge in [0.15, 0.2) is 0 Å². The Bertz CT molecular complexity index is 646. The molecule has 0 radical (unpaired) electrons. The van der Waals surface area contributed by atoms with Crippen molar-refractivity contribution in [3.63, 3.8) is 0 Å². The van der Waals surface area contributed by atoms with Crippen molar-refractivity contribution in [1.82, 2.24) is 20.5 Å². The minimum absolute atomic E-state index is 0.869. The molecular weight excluding hydrogens is 236 g/mol. The summed E-state index contributed by atoms with van der Waals surface area (Å²) < 4.78 is 0. The van der Waals surface area contributed by atoms with Crippen LogP contribution in [0.2, 0.25) is 0 Å². The molecule has 0 bridgehead atoms. The average molecular weight is 252 g/mol. The Balaban J connectivity index is 1.56. The largest absolute Gasteiger partial charge is 0.312 e. The summed E-state index contributed by atoms with van der Waals surface area (Å²) >= 11 is 0. The SMILES string of the molecule is c1ccc2cc(CNCCc3ncn[nH]3)ccc2c1. The quantitative estimate of drug-likeness (QED) is 0.685. The second-order valence-corrected chi connectivity index (χ2v) is 4.54. The van der Waals surface area contributed by atoms with Gasteiger partial charge in [0.2, 0.25) is 0 Å². The van der Waals surface area contributed by atoms with Crippen LogP contribution in [0, 0.1) is 0 Å². The van der Waals surface area contributed by atoms with Crippen molar-refractivity contribution in [2.24, 2.45) is 0 Å². The Hall–Kier alpha value is -2.20. The van der Waals surface area contributed by atoms with Crippen LogP contribution in [-0.4, -0.2) is 21.7 Å². The number of hydrogen-bond donors (Lipinski definition) is 2. The maximum atomic E-state index is 4.10. The normalized spacial score (nSPS) is 10.9. The molecule has 0 amide bonds. The molecule has 19 heavy (non-hydrogen) atoms. The Kier molecular flexibility index (Phi) is 3.51. The van der Waals surface area contributed by atoms with Crippen LogP contribution in [0.1, 0.15) is 11.4 Å². The molecule has 1 heterocycles. The van der Waals surface area contributed by atoms with E-state index in [1.54, 1.807) is 6.33 Å². The number of aromatic amines is 1. The number of nitrogens with one attached hydrogen (secondary N) is 2. The lowest BCUT2D eigenvalue weighted by Gasteiger charge is -2.05. The molecule has 3 aromatic rings. The molecule has 96 valence electrons. The predicted octanol–water partition coefficient (Wildman–Crippen LogP) is 2.29. The van der Waals surface area contributed by atoms with Crippen LogP contribution in [0.3, 0.4) is 0 Å². The zero-order chi connectivity index (χ0) is 12.9. The minimum atomic E-state index is 0.869. The third-order valence-electron chi connectivity index (χ3n) is 3.15. The minimum Gasteiger partial charge on any atom is -0.312 e. The van der Waals surface area contributed by atoms with E-state index in [9.17, 15) is 0 Å². The Morgan fingerprint density at radius 2 is 1.95 bits per heavy atom. The molecule has 0 saturated heterocycles. The van der Waals surface area contributed by atoms with Gasteiger partial charge in [0.05, 0.1) is 0 Å². The van der Waals surface area contributed by atoms with E-state index in [1.807, 2.05) is 0 Å². The van der Waals surface area contributed by atoms with E-state index in [-0.39, 0.29) is 0 Å². The first-order valence-electron chi connectivity index (χ1n) is 6.44. The number of hydrogen-bond acceptors (Lipinski definition) is 3. The topological polar surface area (TPSA) is 53.6 Å². The van der Waals surface area contributed by atoms with Crippen LogP contribution in [0.25, 0.3) is 10.8 Å². The summed E-state index contributed by atoms with van der Waals surface area (Å²) in [7, 11) is 0. The summed E-state index contributed by atoms with van der Waals surface area (Å²) in [5, 5.41) is 12.7. The monoisotopic (exact) mass is 252 g/mol. The van der Waals surface area contributed by atoms with E-state index in [2.05, 4.69) is 63.0 Å². The fourth-order valence-corrected chi connectivity index (χ4v) is 2.14. The van der Waals surface area contributed by atoms with Crippen LogP contribution >= 0.6 is 0 Å². The highest BCUT2D eigenvalue weighted by Crippen LogP contribution is 2.15. The number of aromatic nitrogens is 3. The van der Waals surface area contributed by atoms with Crippen LogP contribution in [0.5, 0.6) is 0 Å². The fourth-order valence-electron chi connectivity index (χ4n) is 2.14. The van der Waals surface area contributed by atoms with Crippen molar-refractivity contribution >= 4 is 10.8 Å². The first kappa shape index (κ1) is 11.9. The van der Waals surface area contributed by atoms with Crippen molar-refractivity contribution < 1.29 is 0 Å². The summed E-state index contributed by atoms with van der Waals surface area (Å²) in [4.78, 5) is 4.10. The number of H-pyrrole nitrogens is 1. The van der Waals surface area contributed by atoms with Crippen molar-refractivity contribution in [3.05, 3.63) is 60.2 Å². The zero-order valence-corrected chi connectivity index (χ0v) is 10.6. The lowest BCUT2D eigenvalue weighted by Crippen LogP contribution is -2.17. The molecule has 0 unspecified atom stereocenters. The van der Waals surface area contributed by atoms with Gasteiger partial charge in [0.1, 0.15) is 12.2 Å². The summed E-state index contributed by atoms with van der Waals surface area (Å²) in [6, 6.07) is 15.0. The predicted molar refractivity (Wildman–Crippen MR) is 75.7 cm³/mol. The van der Waals surface area contributed by atoms with E-state index in [0.717, 1.165) is 25.3 Å². The van der Waals surface area contributed by atoms with Gasteiger partial charge in [0.25, 0.3) is 0 Å². The second-order valence-electron chi connectivity index (χ2n) is 4.54. The highest BCUT2D eigenvalue weighted by molar-refractivity contribution is 5.82. The standard InChI is InChI=1S/C15H16N4/c1-2-4-14-9-12(5-6-13(14)3-1)10-16-8-7-15-17-11-18-19-15/h1-6,9,11,16H,7-8,10H2,(H,17,18,19). The Labute approximate surface area is 111 Å². The van der Waals surface area contributed by atoms with Gasteiger partial charge in [0, 0.05) is 19.5 Å². The molecule has 0 fully saturated rings. The third kappa shape index (κ3) is 2.98.